The Kier molecular flexibility index (Phi) is 4.47. The number of amides is 1. The minimum atomic E-state index is -4.70. The van der Waals surface area contributed by atoms with Crippen LogP contribution in [0.15, 0.2) is 34.7 Å². The average Bonchev–Trinajstić information content (AvgIpc) is 3.19. The quantitative estimate of drug-likeness (QED) is 0.901. The molecule has 2 heterocycles. The van der Waals surface area contributed by atoms with Crippen LogP contribution in [0.25, 0.3) is 11.5 Å². The molecule has 1 aliphatic rings. The number of likely N-dealkylation sites (tertiary alicyclic amines) is 1. The molecule has 138 valence electrons. The molecular weight excluding hydrogens is 353 g/mol. The molecule has 0 unspecified atom stereocenters. The van der Waals surface area contributed by atoms with Crippen LogP contribution in [-0.2, 0) is 4.79 Å². The molecule has 0 radical (unpaired) electrons. The number of carbonyl (C=O) groups is 2. The fourth-order valence-corrected chi connectivity index (χ4v) is 2.99. The lowest BCUT2D eigenvalue weighted by atomic mass is 9.96. The van der Waals surface area contributed by atoms with E-state index in [0.717, 1.165) is 4.90 Å². The minimum absolute atomic E-state index is 0.174. The maximum atomic E-state index is 13.1. The predicted molar refractivity (Wildman–Crippen MR) is 83.3 cm³/mol. The van der Waals surface area contributed by atoms with Gasteiger partial charge in [-0.25, -0.2) is 4.98 Å². The van der Waals surface area contributed by atoms with Crippen molar-refractivity contribution >= 4 is 11.9 Å². The number of rotatable bonds is 3. The number of carbonyl (C=O) groups excluding carboxylic acids is 1. The van der Waals surface area contributed by atoms with Crippen LogP contribution in [0.1, 0.15) is 16.2 Å². The molecule has 1 aliphatic heterocycles. The Morgan fingerprint density at radius 2 is 1.88 bits per heavy atom. The summed E-state index contributed by atoms with van der Waals surface area (Å²) >= 11 is 0. The molecule has 1 aromatic heterocycles. The topological polar surface area (TPSA) is 83.6 Å². The monoisotopic (exact) mass is 368 g/mol. The van der Waals surface area contributed by atoms with Gasteiger partial charge in [-0.1, -0.05) is 18.2 Å². The molecule has 9 heteroatoms. The van der Waals surface area contributed by atoms with Crippen LogP contribution in [-0.4, -0.2) is 46.1 Å². The van der Waals surface area contributed by atoms with Crippen molar-refractivity contribution < 1.29 is 32.3 Å². The standard InChI is InChI=1S/C17H15F3N2O4/c1-9-13(26-14(21-9)10-5-3-2-4-6-10)15(23)22-7-11(16(24)25)12(8-22)17(18,19)20/h2-6,11-12H,7-8H2,1H3,(H,24,25)/t11-,12-/m1/s1. The third-order valence-corrected chi connectivity index (χ3v) is 4.36. The molecule has 2 atom stereocenters. The first kappa shape index (κ1) is 18.0. The first-order valence-electron chi connectivity index (χ1n) is 7.80. The van der Waals surface area contributed by atoms with E-state index >= 15 is 0 Å². The second-order valence-electron chi connectivity index (χ2n) is 6.10. The number of aromatic nitrogens is 1. The van der Waals surface area contributed by atoms with Crippen molar-refractivity contribution in [2.45, 2.75) is 13.1 Å². The van der Waals surface area contributed by atoms with Gasteiger partial charge in [0.1, 0.15) is 0 Å². The Bertz CT molecular complexity index is 832. The molecule has 1 N–H and O–H groups in total. The van der Waals surface area contributed by atoms with Crippen LogP contribution in [0.2, 0.25) is 0 Å². The van der Waals surface area contributed by atoms with Crippen molar-refractivity contribution in [2.24, 2.45) is 11.8 Å². The van der Waals surface area contributed by atoms with E-state index in [-0.39, 0.29) is 17.3 Å². The van der Waals surface area contributed by atoms with Crippen LogP contribution in [0.4, 0.5) is 13.2 Å². The first-order valence-corrected chi connectivity index (χ1v) is 7.80. The summed E-state index contributed by atoms with van der Waals surface area (Å²) < 4.78 is 44.7. The van der Waals surface area contributed by atoms with E-state index in [1.54, 1.807) is 30.3 Å². The van der Waals surface area contributed by atoms with Crippen molar-refractivity contribution in [3.8, 4) is 11.5 Å². The van der Waals surface area contributed by atoms with E-state index < -0.39 is 43.0 Å². The molecule has 1 aromatic carbocycles. The highest BCUT2D eigenvalue weighted by Crippen LogP contribution is 2.38. The molecule has 0 spiro atoms. The molecule has 1 fully saturated rings. The molecule has 3 rings (SSSR count). The van der Waals surface area contributed by atoms with Gasteiger partial charge in [-0.2, -0.15) is 13.2 Å². The number of hydrogen-bond donors (Lipinski definition) is 1. The molecular formula is C17H15F3N2O4. The highest BCUT2D eigenvalue weighted by Gasteiger charge is 2.54. The maximum Gasteiger partial charge on any atom is 0.394 e. The van der Waals surface area contributed by atoms with E-state index in [1.807, 2.05) is 0 Å². The van der Waals surface area contributed by atoms with Gasteiger partial charge in [0.25, 0.3) is 5.91 Å². The van der Waals surface area contributed by atoms with Crippen LogP contribution in [0.5, 0.6) is 0 Å². The summed E-state index contributed by atoms with van der Waals surface area (Å²) in [6.07, 6.45) is -4.70. The maximum absolute atomic E-state index is 13.1. The van der Waals surface area contributed by atoms with Crippen LogP contribution in [0.3, 0.4) is 0 Å². The summed E-state index contributed by atoms with van der Waals surface area (Å²) in [4.78, 5) is 28.7. The first-order chi connectivity index (χ1) is 12.2. The third-order valence-electron chi connectivity index (χ3n) is 4.36. The molecule has 0 aliphatic carbocycles. The van der Waals surface area contributed by atoms with Crippen LogP contribution >= 0.6 is 0 Å². The van der Waals surface area contributed by atoms with Crippen molar-refractivity contribution in [2.75, 3.05) is 13.1 Å². The van der Waals surface area contributed by atoms with Gasteiger partial charge in [-0.15, -0.1) is 0 Å². The second kappa shape index (κ2) is 6.47. The number of oxazole rings is 1. The van der Waals surface area contributed by atoms with Gasteiger partial charge < -0.3 is 14.4 Å². The third kappa shape index (κ3) is 3.29. The molecule has 1 saturated heterocycles. The minimum Gasteiger partial charge on any atom is -0.481 e. The second-order valence-corrected chi connectivity index (χ2v) is 6.10. The zero-order chi connectivity index (χ0) is 19.1. The number of carboxylic acid groups (broad SMARTS) is 1. The fraction of sp³-hybridized carbons (Fsp3) is 0.353. The summed E-state index contributed by atoms with van der Waals surface area (Å²) in [5.41, 5.74) is 0.851. The summed E-state index contributed by atoms with van der Waals surface area (Å²) in [6, 6.07) is 8.73. The number of benzene rings is 1. The highest BCUT2D eigenvalue weighted by atomic mass is 19.4. The molecule has 6 nitrogen and oxygen atoms in total. The van der Waals surface area contributed by atoms with Gasteiger partial charge >= 0.3 is 12.1 Å². The van der Waals surface area contributed by atoms with Gasteiger partial charge in [0.15, 0.2) is 0 Å². The van der Waals surface area contributed by atoms with E-state index in [9.17, 15) is 22.8 Å². The SMILES string of the molecule is Cc1nc(-c2ccccc2)oc1C(=O)N1C[C@@H](C(F)(F)F)[C@H](C(=O)O)C1. The molecule has 26 heavy (non-hydrogen) atoms. The van der Waals surface area contributed by atoms with Crippen molar-refractivity contribution in [3.63, 3.8) is 0 Å². The Balaban J connectivity index is 1.86. The lowest BCUT2D eigenvalue weighted by molar-refractivity contribution is -0.187. The van der Waals surface area contributed by atoms with E-state index in [4.69, 9.17) is 9.52 Å². The van der Waals surface area contributed by atoms with Crippen LogP contribution in [0, 0.1) is 18.8 Å². The Morgan fingerprint density at radius 1 is 1.23 bits per heavy atom. The number of nitrogens with zero attached hydrogens (tertiary/aromatic N) is 2. The van der Waals surface area contributed by atoms with Crippen molar-refractivity contribution in [1.29, 1.82) is 0 Å². The molecule has 0 saturated carbocycles. The Hall–Kier alpha value is -2.84. The Morgan fingerprint density at radius 3 is 2.42 bits per heavy atom. The number of aliphatic carboxylic acids is 1. The Labute approximate surface area is 146 Å². The fourth-order valence-electron chi connectivity index (χ4n) is 2.99. The lowest BCUT2D eigenvalue weighted by Crippen LogP contribution is -2.34. The van der Waals surface area contributed by atoms with Gasteiger partial charge in [0, 0.05) is 18.7 Å². The van der Waals surface area contributed by atoms with E-state index in [0.29, 0.717) is 5.56 Å². The smallest absolute Gasteiger partial charge is 0.394 e. The van der Waals surface area contributed by atoms with Gasteiger partial charge in [-0.3, -0.25) is 9.59 Å². The summed E-state index contributed by atoms with van der Waals surface area (Å²) in [5, 5.41) is 9.05. The predicted octanol–water partition coefficient (Wildman–Crippen LogP) is 2.99. The number of hydrogen-bond acceptors (Lipinski definition) is 4. The largest absolute Gasteiger partial charge is 0.481 e. The number of aryl methyl sites for hydroxylation is 1. The van der Waals surface area contributed by atoms with Gasteiger partial charge in [-0.05, 0) is 19.1 Å². The number of alkyl halides is 3. The summed E-state index contributed by atoms with van der Waals surface area (Å²) in [7, 11) is 0. The average molecular weight is 368 g/mol. The van der Waals surface area contributed by atoms with Crippen molar-refractivity contribution in [1.82, 2.24) is 9.88 Å². The lowest BCUT2D eigenvalue weighted by Gasteiger charge is -2.18. The zero-order valence-corrected chi connectivity index (χ0v) is 13.7. The summed E-state index contributed by atoms with van der Waals surface area (Å²) in [6.45, 7) is 0.258. The molecule has 2 aromatic rings. The number of halogens is 3. The highest BCUT2D eigenvalue weighted by molar-refractivity contribution is 5.93. The van der Waals surface area contributed by atoms with E-state index in [2.05, 4.69) is 4.98 Å². The van der Waals surface area contributed by atoms with Crippen molar-refractivity contribution in [3.05, 3.63) is 41.8 Å². The summed E-state index contributed by atoms with van der Waals surface area (Å²) in [5.74, 6) is -6.20. The molecule has 0 bridgehead atoms. The van der Waals surface area contributed by atoms with Gasteiger partial charge in [0.05, 0.1) is 17.5 Å². The van der Waals surface area contributed by atoms with Gasteiger partial charge in [0.2, 0.25) is 11.7 Å². The normalized spacial score (nSPS) is 20.4. The zero-order valence-electron chi connectivity index (χ0n) is 13.7. The van der Waals surface area contributed by atoms with E-state index in [1.165, 1.54) is 6.92 Å². The van der Waals surface area contributed by atoms with Crippen LogP contribution < -0.4 is 0 Å². The molecule has 1 amide bonds. The number of carboxylic acids is 1.